The number of aryl methyl sites for hydroxylation is 1. The molecule has 3 heterocycles. The van der Waals surface area contributed by atoms with Crippen molar-refractivity contribution in [3.05, 3.63) is 18.1 Å². The molecule has 2 unspecified atom stereocenters. The average Bonchev–Trinajstić information content (AvgIpc) is 2.95. The number of hydrogen-bond donors (Lipinski definition) is 1. The fraction of sp³-hybridized carbons (Fsp3) is 0.588. The molecule has 1 fully saturated rings. The summed E-state index contributed by atoms with van der Waals surface area (Å²) in [6, 6.07) is 0.270. The number of amides is 1. The van der Waals surface area contributed by atoms with Gasteiger partial charge in [0.05, 0.1) is 11.4 Å². The lowest BCUT2D eigenvalue weighted by atomic mass is 9.92. The first-order valence-corrected chi connectivity index (χ1v) is 8.32. The maximum absolute atomic E-state index is 12.1. The van der Waals surface area contributed by atoms with E-state index in [9.17, 15) is 4.79 Å². The Hall–Kier alpha value is -2.11. The lowest BCUT2D eigenvalue weighted by molar-refractivity contribution is -0.132. The number of likely N-dealkylation sites (tertiary alicyclic amines) is 1. The zero-order valence-electron chi connectivity index (χ0n) is 14.3. The van der Waals surface area contributed by atoms with Gasteiger partial charge in [-0.15, -0.1) is 0 Å². The first-order valence-electron chi connectivity index (χ1n) is 8.32. The van der Waals surface area contributed by atoms with Gasteiger partial charge >= 0.3 is 0 Å². The normalized spacial score (nSPS) is 21.7. The van der Waals surface area contributed by atoms with E-state index >= 15 is 0 Å². The topological polar surface area (TPSA) is 65.1 Å². The summed E-state index contributed by atoms with van der Waals surface area (Å²) in [6.07, 6.45) is 5.17. The zero-order valence-corrected chi connectivity index (χ0v) is 14.3. The van der Waals surface area contributed by atoms with E-state index in [0.29, 0.717) is 12.3 Å². The molecule has 0 aromatic carbocycles. The summed E-state index contributed by atoms with van der Waals surface area (Å²) in [4.78, 5) is 28.3. The van der Waals surface area contributed by atoms with Crippen molar-refractivity contribution >= 4 is 22.8 Å². The van der Waals surface area contributed by atoms with Crippen LogP contribution in [0.5, 0.6) is 0 Å². The predicted octanol–water partition coefficient (Wildman–Crippen LogP) is 2.35. The van der Waals surface area contributed by atoms with Crippen LogP contribution in [-0.2, 0) is 4.79 Å². The fourth-order valence-corrected chi connectivity index (χ4v) is 3.53. The highest BCUT2D eigenvalue weighted by Gasteiger charge is 2.32. The van der Waals surface area contributed by atoms with Crippen LogP contribution in [0.4, 0.5) is 5.82 Å². The highest BCUT2D eigenvalue weighted by Crippen LogP contribution is 2.30. The van der Waals surface area contributed by atoms with Crippen molar-refractivity contribution in [2.75, 3.05) is 25.0 Å². The van der Waals surface area contributed by atoms with E-state index in [1.54, 1.807) is 6.33 Å². The monoisotopic (exact) mass is 315 g/mol. The second kappa shape index (κ2) is 6.18. The third-order valence-electron chi connectivity index (χ3n) is 5.05. The van der Waals surface area contributed by atoms with Crippen molar-refractivity contribution in [2.45, 2.75) is 39.7 Å². The van der Waals surface area contributed by atoms with E-state index in [1.807, 2.05) is 18.0 Å². The number of fused-ring (bicyclic) bond motifs is 1. The molecule has 1 saturated heterocycles. The van der Waals surface area contributed by atoms with E-state index in [1.165, 1.54) is 0 Å². The fourth-order valence-electron chi connectivity index (χ4n) is 3.53. The minimum Gasteiger partial charge on any atom is -0.354 e. The van der Waals surface area contributed by atoms with Crippen molar-refractivity contribution in [2.24, 2.45) is 5.92 Å². The molecule has 0 aliphatic carbocycles. The Morgan fingerprint density at radius 3 is 3.00 bits per heavy atom. The molecule has 6 heteroatoms. The van der Waals surface area contributed by atoms with Gasteiger partial charge in [-0.25, -0.2) is 9.97 Å². The van der Waals surface area contributed by atoms with Gasteiger partial charge in [-0.05, 0) is 24.8 Å². The van der Waals surface area contributed by atoms with Gasteiger partial charge < -0.3 is 14.8 Å². The van der Waals surface area contributed by atoms with Crippen molar-refractivity contribution in [3.63, 3.8) is 0 Å². The average molecular weight is 315 g/mol. The number of H-pyrrole nitrogens is 1. The lowest BCUT2D eigenvalue weighted by Crippen LogP contribution is -2.52. The van der Waals surface area contributed by atoms with Crippen LogP contribution in [0.1, 0.15) is 32.3 Å². The van der Waals surface area contributed by atoms with Crippen LogP contribution in [0.25, 0.3) is 11.0 Å². The highest BCUT2D eigenvalue weighted by molar-refractivity contribution is 5.90. The third kappa shape index (κ3) is 2.78. The van der Waals surface area contributed by atoms with Gasteiger partial charge in [0.15, 0.2) is 0 Å². The van der Waals surface area contributed by atoms with E-state index in [-0.39, 0.29) is 11.9 Å². The number of piperidine rings is 1. The number of aromatic nitrogens is 3. The van der Waals surface area contributed by atoms with E-state index in [0.717, 1.165) is 41.9 Å². The molecular weight excluding hydrogens is 290 g/mol. The smallest absolute Gasteiger partial charge is 0.222 e. The Morgan fingerprint density at radius 2 is 2.26 bits per heavy atom. The van der Waals surface area contributed by atoms with Crippen molar-refractivity contribution < 1.29 is 4.79 Å². The maximum Gasteiger partial charge on any atom is 0.222 e. The molecule has 2 aromatic heterocycles. The Morgan fingerprint density at radius 1 is 1.48 bits per heavy atom. The molecule has 3 rings (SSSR count). The maximum atomic E-state index is 12.1. The van der Waals surface area contributed by atoms with Crippen LogP contribution in [0.2, 0.25) is 0 Å². The van der Waals surface area contributed by atoms with Crippen LogP contribution >= 0.6 is 0 Å². The van der Waals surface area contributed by atoms with Gasteiger partial charge in [0.1, 0.15) is 17.8 Å². The molecule has 0 saturated carbocycles. The van der Waals surface area contributed by atoms with Crippen molar-refractivity contribution in [3.8, 4) is 0 Å². The molecule has 0 radical (unpaired) electrons. The molecule has 1 amide bonds. The Bertz CT molecular complexity index is 710. The summed E-state index contributed by atoms with van der Waals surface area (Å²) in [7, 11) is 2.08. The second-order valence-corrected chi connectivity index (χ2v) is 6.53. The molecule has 6 nitrogen and oxygen atoms in total. The van der Waals surface area contributed by atoms with E-state index in [2.05, 4.69) is 40.7 Å². The van der Waals surface area contributed by atoms with Crippen molar-refractivity contribution in [1.29, 1.82) is 0 Å². The number of hydrogen-bond acceptors (Lipinski definition) is 4. The summed E-state index contributed by atoms with van der Waals surface area (Å²) in [6.45, 7) is 7.88. The second-order valence-electron chi connectivity index (χ2n) is 6.53. The minimum atomic E-state index is 0.237. The molecule has 2 aromatic rings. The molecule has 124 valence electrons. The van der Waals surface area contributed by atoms with Crippen LogP contribution in [0.3, 0.4) is 0 Å². The van der Waals surface area contributed by atoms with Gasteiger partial charge in [0.2, 0.25) is 5.91 Å². The summed E-state index contributed by atoms with van der Waals surface area (Å²) >= 11 is 0. The molecule has 1 aliphatic rings. The summed E-state index contributed by atoms with van der Waals surface area (Å²) in [5.41, 5.74) is 2.01. The summed E-state index contributed by atoms with van der Waals surface area (Å²) in [5.74, 6) is 1.70. The SMILES string of the molecule is CCC(=O)N1CCC(C)C(N(C)c2ncnc3[nH]cc(C)c23)C1. The van der Waals surface area contributed by atoms with Gasteiger partial charge in [-0.1, -0.05) is 13.8 Å². The molecule has 1 N–H and O–H groups in total. The van der Waals surface area contributed by atoms with Crippen molar-refractivity contribution in [1.82, 2.24) is 19.9 Å². The van der Waals surface area contributed by atoms with E-state index < -0.39 is 0 Å². The lowest BCUT2D eigenvalue weighted by Gasteiger charge is -2.42. The number of nitrogens with one attached hydrogen (secondary N) is 1. The molecular formula is C17H25N5O. The number of carbonyl (C=O) groups is 1. The van der Waals surface area contributed by atoms with Crippen LogP contribution in [0.15, 0.2) is 12.5 Å². The molecule has 1 aliphatic heterocycles. The first-order chi connectivity index (χ1) is 11.0. The van der Waals surface area contributed by atoms with E-state index in [4.69, 9.17) is 0 Å². The summed E-state index contributed by atoms with van der Waals surface area (Å²) < 4.78 is 0. The van der Waals surface area contributed by atoms with Gasteiger partial charge in [-0.3, -0.25) is 4.79 Å². The van der Waals surface area contributed by atoms with Crippen LogP contribution in [0, 0.1) is 12.8 Å². The quantitative estimate of drug-likeness (QED) is 0.944. The van der Waals surface area contributed by atoms with Gasteiger partial charge in [-0.2, -0.15) is 0 Å². The Balaban J connectivity index is 1.92. The number of anilines is 1. The Labute approximate surface area is 136 Å². The zero-order chi connectivity index (χ0) is 16.6. The standard InChI is InChI=1S/C17H25N5O/c1-5-14(23)22-7-6-11(2)13(9-22)21(4)17-15-12(3)8-18-16(15)19-10-20-17/h8,10-11,13H,5-7,9H2,1-4H3,(H,18,19,20). The molecule has 2 atom stereocenters. The minimum absolute atomic E-state index is 0.237. The molecule has 0 spiro atoms. The summed E-state index contributed by atoms with van der Waals surface area (Å²) in [5, 5.41) is 1.07. The largest absolute Gasteiger partial charge is 0.354 e. The molecule has 23 heavy (non-hydrogen) atoms. The highest BCUT2D eigenvalue weighted by atomic mass is 16.2. The van der Waals surface area contributed by atoms with Crippen LogP contribution < -0.4 is 4.90 Å². The number of aromatic amines is 1. The molecule has 0 bridgehead atoms. The van der Waals surface area contributed by atoms with Gasteiger partial charge in [0.25, 0.3) is 0 Å². The predicted molar refractivity (Wildman–Crippen MR) is 91.5 cm³/mol. The Kier molecular flexibility index (Phi) is 4.24. The number of rotatable bonds is 3. The van der Waals surface area contributed by atoms with Crippen LogP contribution in [-0.4, -0.2) is 51.9 Å². The third-order valence-corrected chi connectivity index (χ3v) is 5.05. The number of carbonyl (C=O) groups excluding carboxylic acids is 1. The number of likely N-dealkylation sites (N-methyl/N-ethyl adjacent to an activating group) is 1. The number of nitrogens with zero attached hydrogens (tertiary/aromatic N) is 4. The first kappa shape index (κ1) is 15.8. The van der Waals surface area contributed by atoms with Gasteiger partial charge in [0, 0.05) is 32.8 Å².